The molecule has 0 bridgehead atoms. The standard InChI is InChI=1S/C18H18N4OS/c1-24-11-14-6-8-15(9-7-14)18(23)21-17-5-3-2-4-16(17)10-22-13-19-12-20-22/h2-9,12-13H,10-11H2,1H3,(H,21,23). The Bertz CT molecular complexity index is 800. The van der Waals surface area contributed by atoms with Crippen molar-refractivity contribution in [1.82, 2.24) is 14.8 Å². The van der Waals surface area contributed by atoms with Crippen molar-refractivity contribution >= 4 is 23.4 Å². The minimum absolute atomic E-state index is 0.114. The van der Waals surface area contributed by atoms with Crippen LogP contribution in [0.2, 0.25) is 0 Å². The van der Waals surface area contributed by atoms with Crippen LogP contribution in [-0.4, -0.2) is 26.9 Å². The number of hydrogen-bond donors (Lipinski definition) is 1. The SMILES string of the molecule is CSCc1ccc(C(=O)Nc2ccccc2Cn2cncn2)cc1. The number of para-hydroxylation sites is 1. The minimum atomic E-state index is -0.114. The first kappa shape index (κ1) is 16.3. The molecule has 0 atom stereocenters. The monoisotopic (exact) mass is 338 g/mol. The number of amides is 1. The number of anilines is 1. The third-order valence-corrected chi connectivity index (χ3v) is 4.21. The molecule has 0 fully saturated rings. The van der Waals surface area contributed by atoms with Crippen molar-refractivity contribution in [3.05, 3.63) is 77.9 Å². The van der Waals surface area contributed by atoms with Gasteiger partial charge in [-0.3, -0.25) is 4.79 Å². The highest BCUT2D eigenvalue weighted by molar-refractivity contribution is 7.97. The molecule has 2 aromatic carbocycles. The van der Waals surface area contributed by atoms with Crippen LogP contribution in [0.15, 0.2) is 61.2 Å². The summed E-state index contributed by atoms with van der Waals surface area (Å²) in [5, 5.41) is 7.09. The molecule has 0 aliphatic rings. The molecule has 1 heterocycles. The van der Waals surface area contributed by atoms with Gasteiger partial charge in [0.2, 0.25) is 0 Å². The molecular weight excluding hydrogens is 320 g/mol. The minimum Gasteiger partial charge on any atom is -0.322 e. The zero-order chi connectivity index (χ0) is 16.8. The molecule has 0 saturated heterocycles. The largest absolute Gasteiger partial charge is 0.322 e. The summed E-state index contributed by atoms with van der Waals surface area (Å²) in [6.07, 6.45) is 5.22. The van der Waals surface area contributed by atoms with Crippen LogP contribution in [0.4, 0.5) is 5.69 Å². The van der Waals surface area contributed by atoms with E-state index in [4.69, 9.17) is 0 Å². The average molecular weight is 338 g/mol. The number of carbonyl (C=O) groups is 1. The molecule has 24 heavy (non-hydrogen) atoms. The molecule has 1 amide bonds. The van der Waals surface area contributed by atoms with Gasteiger partial charge in [0, 0.05) is 17.0 Å². The van der Waals surface area contributed by atoms with E-state index in [0.717, 1.165) is 17.0 Å². The van der Waals surface area contributed by atoms with Gasteiger partial charge in [-0.25, -0.2) is 9.67 Å². The summed E-state index contributed by atoms with van der Waals surface area (Å²) in [6.45, 7) is 0.559. The molecular formula is C18H18N4OS. The molecule has 122 valence electrons. The zero-order valence-corrected chi connectivity index (χ0v) is 14.2. The number of carbonyl (C=O) groups excluding carboxylic acids is 1. The molecule has 0 radical (unpaired) electrons. The van der Waals surface area contributed by atoms with E-state index >= 15 is 0 Å². The highest BCUT2D eigenvalue weighted by Gasteiger charge is 2.09. The first-order chi connectivity index (χ1) is 11.8. The van der Waals surface area contributed by atoms with Gasteiger partial charge in [0.15, 0.2) is 0 Å². The molecule has 1 aromatic heterocycles. The van der Waals surface area contributed by atoms with Crippen LogP contribution in [0.25, 0.3) is 0 Å². The molecule has 3 aromatic rings. The summed E-state index contributed by atoms with van der Waals surface area (Å²) >= 11 is 1.76. The lowest BCUT2D eigenvalue weighted by atomic mass is 10.1. The van der Waals surface area contributed by atoms with E-state index in [1.807, 2.05) is 48.5 Å². The summed E-state index contributed by atoms with van der Waals surface area (Å²) in [5.74, 6) is 0.833. The van der Waals surface area contributed by atoms with E-state index in [0.29, 0.717) is 12.1 Å². The fraction of sp³-hybridized carbons (Fsp3) is 0.167. The summed E-state index contributed by atoms with van der Waals surface area (Å²) in [4.78, 5) is 16.4. The summed E-state index contributed by atoms with van der Waals surface area (Å²) in [6, 6.07) is 15.4. The molecule has 6 heteroatoms. The van der Waals surface area contributed by atoms with Gasteiger partial charge < -0.3 is 5.32 Å². The van der Waals surface area contributed by atoms with Crippen LogP contribution >= 0.6 is 11.8 Å². The van der Waals surface area contributed by atoms with E-state index < -0.39 is 0 Å². The van der Waals surface area contributed by atoms with Crippen molar-refractivity contribution < 1.29 is 4.79 Å². The Hall–Kier alpha value is -2.60. The van der Waals surface area contributed by atoms with Crippen molar-refractivity contribution in [3.63, 3.8) is 0 Å². The third-order valence-electron chi connectivity index (χ3n) is 3.59. The van der Waals surface area contributed by atoms with E-state index in [-0.39, 0.29) is 5.91 Å². The maximum absolute atomic E-state index is 12.5. The highest BCUT2D eigenvalue weighted by Crippen LogP contribution is 2.18. The molecule has 1 N–H and O–H groups in total. The van der Waals surface area contributed by atoms with Gasteiger partial charge in [0.25, 0.3) is 5.91 Å². The second-order valence-corrected chi connectivity index (χ2v) is 6.20. The van der Waals surface area contributed by atoms with Gasteiger partial charge in [-0.2, -0.15) is 16.9 Å². The first-order valence-electron chi connectivity index (χ1n) is 7.56. The van der Waals surface area contributed by atoms with Crippen molar-refractivity contribution in [2.45, 2.75) is 12.3 Å². The molecule has 0 aliphatic heterocycles. The first-order valence-corrected chi connectivity index (χ1v) is 8.95. The number of nitrogens with one attached hydrogen (secondary N) is 1. The Labute approximate surface area is 145 Å². The molecule has 3 rings (SSSR count). The van der Waals surface area contributed by atoms with Crippen LogP contribution in [0.1, 0.15) is 21.5 Å². The molecule has 0 saturated carbocycles. The van der Waals surface area contributed by atoms with Crippen LogP contribution in [0, 0.1) is 0 Å². The molecule has 0 unspecified atom stereocenters. The van der Waals surface area contributed by atoms with Gasteiger partial charge in [0.1, 0.15) is 12.7 Å². The van der Waals surface area contributed by atoms with Crippen LogP contribution in [0.5, 0.6) is 0 Å². The van der Waals surface area contributed by atoms with Crippen molar-refractivity contribution in [2.75, 3.05) is 11.6 Å². The second-order valence-electron chi connectivity index (χ2n) is 5.33. The van der Waals surface area contributed by atoms with Crippen LogP contribution in [0.3, 0.4) is 0 Å². The van der Waals surface area contributed by atoms with Crippen molar-refractivity contribution in [3.8, 4) is 0 Å². The normalized spacial score (nSPS) is 10.5. The van der Waals surface area contributed by atoms with Gasteiger partial charge in [0.05, 0.1) is 6.54 Å². The van der Waals surface area contributed by atoms with E-state index in [1.54, 1.807) is 22.8 Å². The third kappa shape index (κ3) is 4.02. The number of aromatic nitrogens is 3. The average Bonchev–Trinajstić information content (AvgIpc) is 3.11. The van der Waals surface area contributed by atoms with E-state index in [1.165, 1.54) is 11.9 Å². The summed E-state index contributed by atoms with van der Waals surface area (Å²) < 4.78 is 1.72. The topological polar surface area (TPSA) is 59.8 Å². The molecule has 5 nitrogen and oxygen atoms in total. The Balaban J connectivity index is 1.74. The van der Waals surface area contributed by atoms with Gasteiger partial charge in [-0.15, -0.1) is 0 Å². The number of thioether (sulfide) groups is 1. The van der Waals surface area contributed by atoms with Gasteiger partial charge >= 0.3 is 0 Å². The predicted molar refractivity (Wildman–Crippen MR) is 97.2 cm³/mol. The molecule has 0 spiro atoms. The van der Waals surface area contributed by atoms with Crippen molar-refractivity contribution in [2.24, 2.45) is 0 Å². The fourth-order valence-corrected chi connectivity index (χ4v) is 2.91. The highest BCUT2D eigenvalue weighted by atomic mass is 32.2. The lowest BCUT2D eigenvalue weighted by Gasteiger charge is -2.11. The fourth-order valence-electron chi connectivity index (χ4n) is 2.38. The lowest BCUT2D eigenvalue weighted by Crippen LogP contribution is -2.14. The smallest absolute Gasteiger partial charge is 0.255 e. The van der Waals surface area contributed by atoms with Gasteiger partial charge in [-0.05, 0) is 35.6 Å². The lowest BCUT2D eigenvalue weighted by molar-refractivity contribution is 0.102. The van der Waals surface area contributed by atoms with Gasteiger partial charge in [-0.1, -0.05) is 30.3 Å². The second kappa shape index (κ2) is 7.79. The maximum atomic E-state index is 12.5. The zero-order valence-electron chi connectivity index (χ0n) is 13.3. The Morgan fingerprint density at radius 1 is 1.17 bits per heavy atom. The number of benzene rings is 2. The van der Waals surface area contributed by atoms with Crippen LogP contribution in [-0.2, 0) is 12.3 Å². The van der Waals surface area contributed by atoms with E-state index in [9.17, 15) is 4.79 Å². The predicted octanol–water partition coefficient (Wildman–Crippen LogP) is 3.44. The Morgan fingerprint density at radius 2 is 1.96 bits per heavy atom. The quantitative estimate of drug-likeness (QED) is 0.748. The van der Waals surface area contributed by atoms with Crippen LogP contribution < -0.4 is 5.32 Å². The summed E-state index contributed by atoms with van der Waals surface area (Å²) in [7, 11) is 0. The summed E-state index contributed by atoms with van der Waals surface area (Å²) in [5.41, 5.74) is 3.63. The molecule has 0 aliphatic carbocycles. The Kier molecular flexibility index (Phi) is 5.28. The number of rotatable bonds is 6. The van der Waals surface area contributed by atoms with E-state index in [2.05, 4.69) is 21.7 Å². The number of nitrogens with zero attached hydrogens (tertiary/aromatic N) is 3. The maximum Gasteiger partial charge on any atom is 0.255 e. The Morgan fingerprint density at radius 3 is 2.67 bits per heavy atom. The van der Waals surface area contributed by atoms with Crippen molar-refractivity contribution in [1.29, 1.82) is 0 Å². The number of hydrogen-bond acceptors (Lipinski definition) is 4.